The van der Waals surface area contributed by atoms with Gasteiger partial charge in [-0.25, -0.2) is 9.07 Å². The van der Waals surface area contributed by atoms with Crippen LogP contribution in [0.25, 0.3) is 5.69 Å². The summed E-state index contributed by atoms with van der Waals surface area (Å²) in [6.45, 7) is 4.55. The first-order valence-corrected chi connectivity index (χ1v) is 7.33. The van der Waals surface area contributed by atoms with Crippen LogP contribution in [0.3, 0.4) is 0 Å². The van der Waals surface area contributed by atoms with Gasteiger partial charge >= 0.3 is 0 Å². The Labute approximate surface area is 123 Å². The predicted octanol–water partition coefficient (Wildman–Crippen LogP) is 3.18. The Morgan fingerprint density at radius 3 is 2.95 bits per heavy atom. The van der Waals surface area contributed by atoms with E-state index in [0.717, 1.165) is 18.5 Å². The van der Waals surface area contributed by atoms with Crippen molar-refractivity contribution in [1.29, 1.82) is 0 Å². The fraction of sp³-hybridized carbons (Fsp3) is 0.533. The van der Waals surface area contributed by atoms with E-state index in [1.165, 1.54) is 29.9 Å². The topological polar surface area (TPSA) is 55.6 Å². The number of rotatable bonds is 3. The molecule has 0 aliphatic heterocycles. The van der Waals surface area contributed by atoms with Crippen molar-refractivity contribution in [2.75, 3.05) is 5.32 Å². The number of tetrazole rings is 1. The second-order valence-corrected chi connectivity index (χ2v) is 6.52. The van der Waals surface area contributed by atoms with E-state index >= 15 is 0 Å². The van der Waals surface area contributed by atoms with E-state index in [2.05, 4.69) is 34.7 Å². The smallest absolute Gasteiger partial charge is 0.146 e. The molecular weight excluding hydrogens is 269 g/mol. The molecule has 1 N–H and O–H groups in total. The quantitative estimate of drug-likeness (QED) is 0.943. The van der Waals surface area contributed by atoms with Crippen LogP contribution in [0.4, 0.5) is 10.1 Å². The lowest BCUT2D eigenvalue weighted by atomic mass is 9.75. The van der Waals surface area contributed by atoms with Crippen LogP contribution >= 0.6 is 0 Å². The summed E-state index contributed by atoms with van der Waals surface area (Å²) in [4.78, 5) is 0. The third kappa shape index (κ3) is 3.20. The minimum Gasteiger partial charge on any atom is -0.380 e. The summed E-state index contributed by atoms with van der Waals surface area (Å²) in [5, 5.41) is 14.4. The number of nitrogens with zero attached hydrogens (tertiary/aromatic N) is 4. The van der Waals surface area contributed by atoms with E-state index in [1.54, 1.807) is 12.1 Å². The molecule has 6 heteroatoms. The van der Waals surface area contributed by atoms with Gasteiger partial charge in [-0.3, -0.25) is 0 Å². The van der Waals surface area contributed by atoms with E-state index in [0.29, 0.717) is 17.1 Å². The molecule has 5 nitrogen and oxygen atoms in total. The van der Waals surface area contributed by atoms with Gasteiger partial charge in [0.05, 0.1) is 11.4 Å². The Bertz CT molecular complexity index is 609. The summed E-state index contributed by atoms with van der Waals surface area (Å²) in [5.41, 5.74) is 1.59. The van der Waals surface area contributed by atoms with Crippen molar-refractivity contribution in [1.82, 2.24) is 20.2 Å². The van der Waals surface area contributed by atoms with Gasteiger partial charge in [-0.05, 0) is 53.3 Å². The molecule has 3 rings (SSSR count). The standard InChI is InChI=1S/C15H20FN5/c1-15(2)7-3-4-11(9-15)18-14-8-12(5-6-13(14)16)21-10-17-19-20-21/h5-6,8,10-11,18H,3-4,7,9H2,1-2H3. The predicted molar refractivity (Wildman–Crippen MR) is 78.8 cm³/mol. The Morgan fingerprint density at radius 2 is 2.24 bits per heavy atom. The van der Waals surface area contributed by atoms with Gasteiger partial charge in [-0.15, -0.1) is 5.10 Å². The highest BCUT2D eigenvalue weighted by atomic mass is 19.1. The van der Waals surface area contributed by atoms with E-state index in [9.17, 15) is 4.39 Å². The maximum Gasteiger partial charge on any atom is 0.146 e. The molecule has 1 unspecified atom stereocenters. The lowest BCUT2D eigenvalue weighted by Crippen LogP contribution is -2.32. The van der Waals surface area contributed by atoms with Crippen LogP contribution in [0.15, 0.2) is 24.5 Å². The summed E-state index contributed by atoms with van der Waals surface area (Å²) in [5.74, 6) is -0.241. The van der Waals surface area contributed by atoms with Crippen LogP contribution < -0.4 is 5.32 Å². The van der Waals surface area contributed by atoms with Crippen LogP contribution in [-0.2, 0) is 0 Å². The highest BCUT2D eigenvalue weighted by Crippen LogP contribution is 2.36. The number of hydrogen-bond donors (Lipinski definition) is 1. The summed E-state index contributed by atoms with van der Waals surface area (Å²) < 4.78 is 15.6. The van der Waals surface area contributed by atoms with Crippen molar-refractivity contribution in [3.8, 4) is 5.69 Å². The Hall–Kier alpha value is -1.98. The fourth-order valence-electron chi connectivity index (χ4n) is 3.09. The highest BCUT2D eigenvalue weighted by molar-refractivity contribution is 5.52. The van der Waals surface area contributed by atoms with Crippen molar-refractivity contribution < 1.29 is 4.39 Å². The number of benzene rings is 1. The third-order valence-electron chi connectivity index (χ3n) is 4.13. The average Bonchev–Trinajstić information content (AvgIpc) is 2.94. The molecular formula is C15H20FN5. The number of aromatic nitrogens is 4. The first kappa shape index (κ1) is 14.0. The zero-order valence-corrected chi connectivity index (χ0v) is 12.4. The Kier molecular flexibility index (Phi) is 3.61. The molecule has 1 heterocycles. The average molecular weight is 289 g/mol. The van der Waals surface area contributed by atoms with Crippen LogP contribution in [0.5, 0.6) is 0 Å². The second-order valence-electron chi connectivity index (χ2n) is 6.52. The van der Waals surface area contributed by atoms with Crippen LogP contribution in [0, 0.1) is 11.2 Å². The zero-order valence-electron chi connectivity index (χ0n) is 12.4. The van der Waals surface area contributed by atoms with E-state index in [1.807, 2.05) is 0 Å². The minimum absolute atomic E-state index is 0.241. The SMILES string of the molecule is CC1(C)CCCC(Nc2cc(-n3cnnn3)ccc2F)C1. The van der Waals surface area contributed by atoms with Crippen LogP contribution in [0.2, 0.25) is 0 Å². The molecule has 2 aromatic rings. The van der Waals surface area contributed by atoms with Gasteiger partial charge in [0.2, 0.25) is 0 Å². The molecule has 0 radical (unpaired) electrons. The summed E-state index contributed by atoms with van der Waals surface area (Å²) >= 11 is 0. The van der Waals surface area contributed by atoms with Crippen LogP contribution in [-0.4, -0.2) is 26.2 Å². The van der Waals surface area contributed by atoms with E-state index in [-0.39, 0.29) is 5.82 Å². The second kappa shape index (κ2) is 5.42. The largest absolute Gasteiger partial charge is 0.380 e. The molecule has 1 aromatic heterocycles. The normalized spacial score (nSPS) is 21.2. The maximum absolute atomic E-state index is 14.0. The Balaban J connectivity index is 1.80. The molecule has 21 heavy (non-hydrogen) atoms. The lowest BCUT2D eigenvalue weighted by molar-refractivity contribution is 0.229. The van der Waals surface area contributed by atoms with Crippen molar-refractivity contribution >= 4 is 5.69 Å². The first-order chi connectivity index (χ1) is 10.0. The molecule has 1 fully saturated rings. The number of anilines is 1. The molecule has 112 valence electrons. The van der Waals surface area contributed by atoms with Gasteiger partial charge in [-0.1, -0.05) is 20.3 Å². The lowest BCUT2D eigenvalue weighted by Gasteiger charge is -2.36. The Morgan fingerprint density at radius 1 is 1.38 bits per heavy atom. The molecule has 1 saturated carbocycles. The van der Waals surface area contributed by atoms with Gasteiger partial charge < -0.3 is 5.32 Å². The molecule has 0 saturated heterocycles. The van der Waals surface area contributed by atoms with Crippen LogP contribution in [0.1, 0.15) is 39.5 Å². The molecule has 1 atom stereocenters. The maximum atomic E-state index is 14.0. The van der Waals surface area contributed by atoms with Gasteiger partial charge in [-0.2, -0.15) is 0 Å². The number of hydrogen-bond acceptors (Lipinski definition) is 4. The van der Waals surface area contributed by atoms with Crippen molar-refractivity contribution in [2.24, 2.45) is 5.41 Å². The number of nitrogens with one attached hydrogen (secondary N) is 1. The summed E-state index contributed by atoms with van der Waals surface area (Å²) in [6.07, 6.45) is 6.05. The first-order valence-electron chi connectivity index (χ1n) is 7.33. The van der Waals surface area contributed by atoms with E-state index < -0.39 is 0 Å². The molecule has 1 aromatic carbocycles. The van der Waals surface area contributed by atoms with E-state index in [4.69, 9.17) is 0 Å². The molecule has 0 amide bonds. The monoisotopic (exact) mass is 289 g/mol. The van der Waals surface area contributed by atoms with Crippen molar-refractivity contribution in [2.45, 2.75) is 45.6 Å². The van der Waals surface area contributed by atoms with Crippen molar-refractivity contribution in [3.05, 3.63) is 30.3 Å². The van der Waals surface area contributed by atoms with Gasteiger partial charge in [0.1, 0.15) is 12.1 Å². The molecule has 1 aliphatic rings. The molecule has 0 bridgehead atoms. The minimum atomic E-state index is -0.241. The fourth-order valence-corrected chi connectivity index (χ4v) is 3.09. The zero-order chi connectivity index (χ0) is 14.9. The highest BCUT2D eigenvalue weighted by Gasteiger charge is 2.28. The third-order valence-corrected chi connectivity index (χ3v) is 4.13. The van der Waals surface area contributed by atoms with Gasteiger partial charge in [0, 0.05) is 6.04 Å². The summed E-state index contributed by atoms with van der Waals surface area (Å²) in [7, 11) is 0. The van der Waals surface area contributed by atoms with Gasteiger partial charge in [0.25, 0.3) is 0 Å². The van der Waals surface area contributed by atoms with Crippen molar-refractivity contribution in [3.63, 3.8) is 0 Å². The van der Waals surface area contributed by atoms with Gasteiger partial charge in [0.15, 0.2) is 0 Å². The molecule has 0 spiro atoms. The molecule has 1 aliphatic carbocycles. The number of halogens is 1. The summed E-state index contributed by atoms with van der Waals surface area (Å²) in [6, 6.07) is 5.19.